The number of rotatable bonds is 3. The van der Waals surface area contributed by atoms with Crippen molar-refractivity contribution in [3.8, 4) is 5.75 Å². The maximum Gasteiger partial charge on any atom is 0.242 e. The van der Waals surface area contributed by atoms with Crippen LogP contribution in [-0.2, 0) is 21.2 Å². The van der Waals surface area contributed by atoms with Crippen LogP contribution >= 0.6 is 0 Å². The molecule has 0 radical (unpaired) electrons. The number of hydrogen-bond donors (Lipinski definition) is 3. The SMILES string of the molecule is O=C1CC(c2c(O)cc(CC3CCNC3)cc2F)S(=O)(=O)N1. The van der Waals surface area contributed by atoms with E-state index in [4.69, 9.17) is 0 Å². The number of phenolic OH excluding ortho intramolecular Hbond substituents is 1. The molecule has 2 aliphatic heterocycles. The molecule has 6 nitrogen and oxygen atoms in total. The lowest BCUT2D eigenvalue weighted by Crippen LogP contribution is -2.22. The minimum Gasteiger partial charge on any atom is -0.508 e. The van der Waals surface area contributed by atoms with E-state index in [1.165, 1.54) is 12.1 Å². The first kappa shape index (κ1) is 15.2. The summed E-state index contributed by atoms with van der Waals surface area (Å²) >= 11 is 0. The van der Waals surface area contributed by atoms with Gasteiger partial charge in [0.1, 0.15) is 16.8 Å². The molecule has 1 aromatic carbocycles. The fourth-order valence-corrected chi connectivity index (χ4v) is 4.58. The summed E-state index contributed by atoms with van der Waals surface area (Å²) in [7, 11) is -3.98. The van der Waals surface area contributed by atoms with Gasteiger partial charge in [0.25, 0.3) is 0 Å². The molecule has 1 amide bonds. The highest BCUT2D eigenvalue weighted by Crippen LogP contribution is 2.38. The van der Waals surface area contributed by atoms with Gasteiger partial charge < -0.3 is 10.4 Å². The summed E-state index contributed by atoms with van der Waals surface area (Å²) in [6.07, 6.45) is 1.23. The number of sulfonamides is 1. The smallest absolute Gasteiger partial charge is 0.242 e. The lowest BCUT2D eigenvalue weighted by Gasteiger charge is -2.14. The van der Waals surface area contributed by atoms with Crippen LogP contribution in [0.2, 0.25) is 0 Å². The van der Waals surface area contributed by atoms with E-state index >= 15 is 0 Å². The van der Waals surface area contributed by atoms with Gasteiger partial charge in [-0.1, -0.05) is 0 Å². The number of benzene rings is 1. The zero-order valence-electron chi connectivity index (χ0n) is 11.8. The molecule has 22 heavy (non-hydrogen) atoms. The Kier molecular flexibility index (Phi) is 3.82. The third-order valence-corrected chi connectivity index (χ3v) is 5.84. The van der Waals surface area contributed by atoms with Crippen molar-refractivity contribution < 1.29 is 22.7 Å². The molecular weight excluding hydrogens is 311 g/mol. The first-order valence-electron chi connectivity index (χ1n) is 7.13. The van der Waals surface area contributed by atoms with E-state index in [-0.39, 0.29) is 12.0 Å². The summed E-state index contributed by atoms with van der Waals surface area (Å²) in [5.41, 5.74) is 0.300. The molecule has 0 spiro atoms. The lowest BCUT2D eigenvalue weighted by atomic mass is 9.96. The molecule has 2 heterocycles. The van der Waals surface area contributed by atoms with Gasteiger partial charge in [-0.3, -0.25) is 9.52 Å². The predicted octanol–water partition coefficient (Wildman–Crippen LogP) is 0.574. The van der Waals surface area contributed by atoms with Crippen LogP contribution in [0.5, 0.6) is 5.75 Å². The van der Waals surface area contributed by atoms with Crippen LogP contribution in [-0.4, -0.2) is 32.5 Å². The molecule has 2 aliphatic rings. The highest BCUT2D eigenvalue weighted by atomic mass is 32.2. The van der Waals surface area contributed by atoms with E-state index < -0.39 is 32.7 Å². The van der Waals surface area contributed by atoms with E-state index in [9.17, 15) is 22.7 Å². The van der Waals surface area contributed by atoms with E-state index in [1.807, 2.05) is 4.72 Å². The standard InChI is InChI=1S/C14H17FN2O4S/c15-10-4-9(3-8-1-2-16-7-8)5-11(18)14(10)12-6-13(19)17-22(12,20)21/h4-5,8,12,16,18H,1-3,6-7H2,(H,17,19). The quantitative estimate of drug-likeness (QED) is 0.754. The van der Waals surface area contributed by atoms with Crippen molar-refractivity contribution in [3.05, 3.63) is 29.1 Å². The van der Waals surface area contributed by atoms with E-state index in [0.717, 1.165) is 19.5 Å². The Hall–Kier alpha value is -1.67. The van der Waals surface area contributed by atoms with Gasteiger partial charge in [-0.15, -0.1) is 0 Å². The van der Waals surface area contributed by atoms with Crippen LogP contribution in [0.15, 0.2) is 12.1 Å². The Labute approximate surface area is 127 Å². The van der Waals surface area contributed by atoms with Crippen LogP contribution in [0, 0.1) is 11.7 Å². The molecule has 120 valence electrons. The van der Waals surface area contributed by atoms with Crippen molar-refractivity contribution in [2.24, 2.45) is 5.92 Å². The summed E-state index contributed by atoms with van der Waals surface area (Å²) in [5.74, 6) is -1.51. The summed E-state index contributed by atoms with van der Waals surface area (Å²) in [6.45, 7) is 1.77. The number of amides is 1. The highest BCUT2D eigenvalue weighted by molar-refractivity contribution is 7.90. The summed E-state index contributed by atoms with van der Waals surface area (Å²) < 4.78 is 39.8. The molecule has 3 rings (SSSR count). The average molecular weight is 328 g/mol. The Bertz CT molecular complexity index is 691. The molecule has 2 unspecified atom stereocenters. The minimum atomic E-state index is -3.98. The second kappa shape index (κ2) is 5.51. The van der Waals surface area contributed by atoms with Gasteiger partial charge in [-0.05, 0) is 49.5 Å². The normalized spacial score (nSPS) is 27.0. The van der Waals surface area contributed by atoms with Gasteiger partial charge >= 0.3 is 0 Å². The van der Waals surface area contributed by atoms with Gasteiger partial charge in [-0.2, -0.15) is 0 Å². The Morgan fingerprint density at radius 1 is 1.36 bits per heavy atom. The van der Waals surface area contributed by atoms with E-state index in [1.54, 1.807) is 0 Å². The molecule has 1 aromatic rings. The van der Waals surface area contributed by atoms with Crippen LogP contribution in [0.1, 0.15) is 29.2 Å². The fraction of sp³-hybridized carbons (Fsp3) is 0.500. The van der Waals surface area contributed by atoms with Crippen molar-refractivity contribution in [2.45, 2.75) is 24.5 Å². The Morgan fingerprint density at radius 3 is 2.68 bits per heavy atom. The van der Waals surface area contributed by atoms with Crippen LogP contribution in [0.4, 0.5) is 4.39 Å². The second-order valence-corrected chi connectivity index (χ2v) is 7.70. The van der Waals surface area contributed by atoms with Gasteiger partial charge in [0, 0.05) is 0 Å². The Morgan fingerprint density at radius 2 is 2.14 bits per heavy atom. The first-order valence-corrected chi connectivity index (χ1v) is 8.68. The van der Waals surface area contributed by atoms with Gasteiger partial charge in [-0.25, -0.2) is 12.8 Å². The van der Waals surface area contributed by atoms with Crippen molar-refractivity contribution in [1.29, 1.82) is 0 Å². The molecule has 2 fully saturated rings. The van der Waals surface area contributed by atoms with Gasteiger partial charge in [0.15, 0.2) is 0 Å². The minimum absolute atomic E-state index is 0.327. The van der Waals surface area contributed by atoms with Crippen LogP contribution in [0.3, 0.4) is 0 Å². The maximum atomic E-state index is 14.3. The molecule has 0 saturated carbocycles. The number of hydrogen-bond acceptors (Lipinski definition) is 5. The number of phenols is 1. The number of carbonyl (C=O) groups is 1. The summed E-state index contributed by atoms with van der Waals surface area (Å²) in [5, 5.41) is 11.9. The summed E-state index contributed by atoms with van der Waals surface area (Å²) in [6, 6.07) is 2.65. The second-order valence-electron chi connectivity index (χ2n) is 5.84. The van der Waals surface area contributed by atoms with E-state index in [0.29, 0.717) is 17.9 Å². The summed E-state index contributed by atoms with van der Waals surface area (Å²) in [4.78, 5) is 11.3. The Balaban J connectivity index is 1.91. The van der Waals surface area contributed by atoms with Crippen molar-refractivity contribution in [2.75, 3.05) is 13.1 Å². The largest absolute Gasteiger partial charge is 0.508 e. The van der Waals surface area contributed by atoms with Crippen molar-refractivity contribution in [3.63, 3.8) is 0 Å². The predicted molar refractivity (Wildman–Crippen MR) is 77.2 cm³/mol. The molecular formula is C14H17FN2O4S. The topological polar surface area (TPSA) is 95.5 Å². The van der Waals surface area contributed by atoms with Crippen molar-refractivity contribution in [1.82, 2.24) is 10.0 Å². The van der Waals surface area contributed by atoms with Crippen LogP contribution < -0.4 is 10.0 Å². The monoisotopic (exact) mass is 328 g/mol. The molecule has 0 bridgehead atoms. The third kappa shape index (κ3) is 2.80. The average Bonchev–Trinajstić information content (AvgIpc) is 2.97. The molecule has 2 atom stereocenters. The van der Waals surface area contributed by atoms with Gasteiger partial charge in [0.2, 0.25) is 15.9 Å². The zero-order valence-corrected chi connectivity index (χ0v) is 12.6. The lowest BCUT2D eigenvalue weighted by molar-refractivity contribution is -0.118. The number of nitrogens with one attached hydrogen (secondary N) is 2. The highest BCUT2D eigenvalue weighted by Gasteiger charge is 2.41. The van der Waals surface area contributed by atoms with Crippen LogP contribution in [0.25, 0.3) is 0 Å². The van der Waals surface area contributed by atoms with Gasteiger partial charge in [0.05, 0.1) is 12.0 Å². The number of carbonyl (C=O) groups excluding carboxylic acids is 1. The first-order chi connectivity index (χ1) is 10.4. The molecule has 8 heteroatoms. The third-order valence-electron chi connectivity index (χ3n) is 4.18. The molecule has 3 N–H and O–H groups in total. The zero-order chi connectivity index (χ0) is 15.9. The molecule has 0 aliphatic carbocycles. The number of aromatic hydroxyl groups is 1. The molecule has 0 aromatic heterocycles. The van der Waals surface area contributed by atoms with Crippen molar-refractivity contribution >= 4 is 15.9 Å². The molecule has 2 saturated heterocycles. The fourth-order valence-electron chi connectivity index (χ4n) is 3.12. The maximum absolute atomic E-state index is 14.3. The van der Waals surface area contributed by atoms with E-state index in [2.05, 4.69) is 5.32 Å². The number of halogens is 1.